The van der Waals surface area contributed by atoms with Crippen LogP contribution >= 0.6 is 22.7 Å². The summed E-state index contributed by atoms with van der Waals surface area (Å²) in [5.41, 5.74) is 0. The van der Waals surface area contributed by atoms with Crippen LogP contribution in [0.4, 0.5) is 0 Å². The second kappa shape index (κ2) is 4.28. The Morgan fingerprint density at radius 2 is 1.73 bits per heavy atom. The highest BCUT2D eigenvalue weighted by atomic mass is 32.1. The van der Waals surface area contributed by atoms with Crippen LogP contribution in [0.5, 0.6) is 0 Å². The molecule has 2 rings (SSSR count). The summed E-state index contributed by atoms with van der Waals surface area (Å²) in [6, 6.07) is 7.10. The molecule has 76 valence electrons. The van der Waals surface area contributed by atoms with Crippen molar-refractivity contribution in [2.24, 2.45) is 0 Å². The smallest absolute Gasteiger partial charge is 0.423 e. The molecule has 0 aromatic carbocycles. The van der Waals surface area contributed by atoms with E-state index in [0.29, 0.717) is 9.65 Å². The van der Waals surface area contributed by atoms with Crippen molar-refractivity contribution < 1.29 is 14.8 Å². The van der Waals surface area contributed by atoms with Gasteiger partial charge in [-0.1, -0.05) is 6.07 Å². The Morgan fingerprint density at radius 3 is 2.27 bits per heavy atom. The molecule has 2 heterocycles. The van der Waals surface area contributed by atoms with Crippen LogP contribution in [0, 0.1) is 0 Å². The maximum absolute atomic E-state index is 10.5. The van der Waals surface area contributed by atoms with Crippen molar-refractivity contribution in [3.05, 3.63) is 29.1 Å². The van der Waals surface area contributed by atoms with Gasteiger partial charge in [-0.05, 0) is 18.2 Å². The van der Waals surface area contributed by atoms with Gasteiger partial charge in [-0.3, -0.25) is 4.79 Å². The van der Waals surface area contributed by atoms with E-state index in [1.807, 2.05) is 12.1 Å². The van der Waals surface area contributed by atoms with Gasteiger partial charge < -0.3 is 10.0 Å². The van der Waals surface area contributed by atoms with Crippen molar-refractivity contribution in [1.29, 1.82) is 0 Å². The van der Waals surface area contributed by atoms with Gasteiger partial charge in [0.2, 0.25) is 0 Å². The maximum atomic E-state index is 10.5. The molecule has 2 N–H and O–H groups in total. The molecule has 0 spiro atoms. The predicted molar refractivity (Wildman–Crippen MR) is 62.8 cm³/mol. The van der Waals surface area contributed by atoms with Crippen LogP contribution in [0.1, 0.15) is 9.67 Å². The molecule has 0 aliphatic carbocycles. The Balaban J connectivity index is 2.32. The standard InChI is InChI=1S/C9H7BO3S2/c11-5-6-1-2-7(14-6)8-3-4-9(15-8)10(12)13/h1-5,12-13H. The van der Waals surface area contributed by atoms with Crippen molar-refractivity contribution in [3.8, 4) is 9.75 Å². The first-order valence-corrected chi connectivity index (χ1v) is 5.85. The number of rotatable bonds is 3. The van der Waals surface area contributed by atoms with Gasteiger partial charge in [0.15, 0.2) is 6.29 Å². The summed E-state index contributed by atoms with van der Waals surface area (Å²) < 4.78 is 0.506. The summed E-state index contributed by atoms with van der Waals surface area (Å²) >= 11 is 2.70. The Morgan fingerprint density at radius 1 is 1.07 bits per heavy atom. The largest absolute Gasteiger partial charge is 0.499 e. The summed E-state index contributed by atoms with van der Waals surface area (Å²) in [6.07, 6.45) is 0.809. The van der Waals surface area contributed by atoms with Crippen LogP contribution in [0.2, 0.25) is 0 Å². The second-order valence-electron chi connectivity index (χ2n) is 2.90. The third-order valence-electron chi connectivity index (χ3n) is 1.87. The van der Waals surface area contributed by atoms with Crippen LogP contribution < -0.4 is 4.78 Å². The third kappa shape index (κ3) is 2.18. The van der Waals surface area contributed by atoms with Crippen molar-refractivity contribution in [2.45, 2.75) is 0 Å². The molecule has 3 nitrogen and oxygen atoms in total. The van der Waals surface area contributed by atoms with Gasteiger partial charge >= 0.3 is 7.12 Å². The van der Waals surface area contributed by atoms with E-state index in [1.165, 1.54) is 22.7 Å². The fourth-order valence-electron chi connectivity index (χ4n) is 1.17. The molecule has 0 saturated carbocycles. The van der Waals surface area contributed by atoms with Gasteiger partial charge in [0.25, 0.3) is 0 Å². The molecule has 0 aliphatic rings. The minimum Gasteiger partial charge on any atom is -0.423 e. The molecule has 0 fully saturated rings. The minimum absolute atomic E-state index is 0.506. The SMILES string of the molecule is O=Cc1ccc(-c2ccc(B(O)O)s2)s1. The van der Waals surface area contributed by atoms with Gasteiger partial charge in [-0.25, -0.2) is 0 Å². The number of thiophene rings is 2. The molecule has 2 aromatic heterocycles. The molecule has 0 unspecified atom stereocenters. The van der Waals surface area contributed by atoms with Crippen LogP contribution in [0.3, 0.4) is 0 Å². The molecule has 0 saturated heterocycles. The van der Waals surface area contributed by atoms with Crippen LogP contribution in [0.25, 0.3) is 9.75 Å². The normalized spacial score (nSPS) is 10.3. The molecule has 0 radical (unpaired) electrons. The quantitative estimate of drug-likeness (QED) is 0.618. The first-order valence-electron chi connectivity index (χ1n) is 4.22. The van der Waals surface area contributed by atoms with Gasteiger partial charge in [-0.2, -0.15) is 0 Å². The van der Waals surface area contributed by atoms with Gasteiger partial charge in [0, 0.05) is 14.5 Å². The summed E-state index contributed by atoms with van der Waals surface area (Å²) in [5.74, 6) is 0. The third-order valence-corrected chi connectivity index (χ3v) is 4.20. The predicted octanol–water partition coefficient (Wildman–Crippen LogP) is 0.969. The lowest BCUT2D eigenvalue weighted by molar-refractivity contribution is 0.112. The molecular formula is C9H7BO3S2. The fraction of sp³-hybridized carbons (Fsp3) is 0. The topological polar surface area (TPSA) is 57.5 Å². The van der Waals surface area contributed by atoms with Crippen LogP contribution in [0.15, 0.2) is 24.3 Å². The van der Waals surface area contributed by atoms with Crippen LogP contribution in [-0.2, 0) is 0 Å². The Kier molecular flexibility index (Phi) is 3.02. The average molecular weight is 238 g/mol. The maximum Gasteiger partial charge on any atom is 0.499 e. The Labute approximate surface area is 94.8 Å². The lowest BCUT2D eigenvalue weighted by atomic mass is 9.90. The van der Waals surface area contributed by atoms with Gasteiger partial charge in [-0.15, -0.1) is 22.7 Å². The molecule has 0 amide bonds. The fourth-order valence-corrected chi connectivity index (χ4v) is 2.97. The number of aldehydes is 1. The number of hydrogen-bond acceptors (Lipinski definition) is 5. The number of carbonyl (C=O) groups is 1. The van der Waals surface area contributed by atoms with Crippen molar-refractivity contribution >= 4 is 40.9 Å². The van der Waals surface area contributed by atoms with Crippen LogP contribution in [-0.4, -0.2) is 23.5 Å². The first kappa shape index (κ1) is 10.6. The summed E-state index contributed by atoms with van der Waals surface area (Å²) in [6.45, 7) is 0. The summed E-state index contributed by atoms with van der Waals surface area (Å²) in [7, 11) is -1.42. The summed E-state index contributed by atoms with van der Waals surface area (Å²) in [4.78, 5) is 13.1. The van der Waals surface area contributed by atoms with E-state index in [0.717, 1.165) is 16.0 Å². The van der Waals surface area contributed by atoms with E-state index in [4.69, 9.17) is 10.0 Å². The second-order valence-corrected chi connectivity index (χ2v) is 5.13. The van der Waals surface area contributed by atoms with Crippen molar-refractivity contribution in [2.75, 3.05) is 0 Å². The average Bonchev–Trinajstić information content (AvgIpc) is 2.86. The molecule has 15 heavy (non-hydrogen) atoms. The van der Waals surface area contributed by atoms with E-state index >= 15 is 0 Å². The zero-order valence-corrected chi connectivity index (χ0v) is 9.22. The van der Waals surface area contributed by atoms with Crippen molar-refractivity contribution in [1.82, 2.24) is 0 Å². The molecular weight excluding hydrogens is 231 g/mol. The Hall–Kier alpha value is -0.945. The lowest BCUT2D eigenvalue weighted by Crippen LogP contribution is -2.26. The minimum atomic E-state index is -1.42. The van der Waals surface area contributed by atoms with E-state index < -0.39 is 7.12 Å². The van der Waals surface area contributed by atoms with E-state index in [-0.39, 0.29) is 0 Å². The Bertz CT molecular complexity index is 475. The van der Waals surface area contributed by atoms with Gasteiger partial charge in [0.1, 0.15) is 0 Å². The zero-order valence-electron chi connectivity index (χ0n) is 7.58. The highest BCUT2D eigenvalue weighted by Crippen LogP contribution is 2.30. The van der Waals surface area contributed by atoms with Crippen molar-refractivity contribution in [3.63, 3.8) is 0 Å². The zero-order chi connectivity index (χ0) is 10.8. The summed E-state index contributed by atoms with van der Waals surface area (Å²) in [5, 5.41) is 17.9. The number of hydrogen-bond donors (Lipinski definition) is 2. The van der Waals surface area contributed by atoms with E-state index in [1.54, 1.807) is 12.1 Å². The monoisotopic (exact) mass is 238 g/mol. The lowest BCUT2D eigenvalue weighted by Gasteiger charge is -1.90. The molecule has 6 heteroatoms. The molecule has 2 aromatic rings. The molecule has 0 bridgehead atoms. The van der Waals surface area contributed by atoms with Gasteiger partial charge in [0.05, 0.1) is 4.88 Å². The van der Waals surface area contributed by atoms with E-state index in [9.17, 15) is 4.79 Å². The molecule has 0 atom stereocenters. The first-order chi connectivity index (χ1) is 7.20. The van der Waals surface area contributed by atoms with E-state index in [2.05, 4.69) is 0 Å². The number of carbonyl (C=O) groups excluding carboxylic acids is 1. The highest BCUT2D eigenvalue weighted by molar-refractivity contribution is 7.28. The highest BCUT2D eigenvalue weighted by Gasteiger charge is 2.14. The molecule has 0 aliphatic heterocycles.